The van der Waals surface area contributed by atoms with Gasteiger partial charge in [0.25, 0.3) is 0 Å². The lowest BCUT2D eigenvalue weighted by molar-refractivity contribution is -0.116. The van der Waals surface area contributed by atoms with E-state index in [0.717, 1.165) is 5.56 Å². The number of hydrogen-bond acceptors (Lipinski definition) is 4. The Morgan fingerprint density at radius 1 is 1.40 bits per heavy atom. The average Bonchev–Trinajstić information content (AvgIpc) is 2.67. The Kier molecular flexibility index (Phi) is 2.58. The highest BCUT2D eigenvalue weighted by molar-refractivity contribution is 5.77. The van der Waals surface area contributed by atoms with Gasteiger partial charge < -0.3 is 4.42 Å². The van der Waals surface area contributed by atoms with Crippen LogP contribution >= 0.6 is 0 Å². The number of pyridine rings is 1. The summed E-state index contributed by atoms with van der Waals surface area (Å²) in [5.41, 5.74) is 1.52. The molecule has 76 valence electrons. The van der Waals surface area contributed by atoms with Crippen LogP contribution in [0.25, 0.3) is 11.5 Å². The van der Waals surface area contributed by atoms with Gasteiger partial charge in [0.2, 0.25) is 5.89 Å². The van der Waals surface area contributed by atoms with E-state index in [0.29, 0.717) is 18.0 Å². The van der Waals surface area contributed by atoms with Crippen molar-refractivity contribution in [2.24, 2.45) is 0 Å². The largest absolute Gasteiger partial charge is 0.444 e. The number of hydrogen-bond donors (Lipinski definition) is 0. The van der Waals surface area contributed by atoms with Gasteiger partial charge in [0.1, 0.15) is 12.0 Å². The van der Waals surface area contributed by atoms with Gasteiger partial charge in [-0.15, -0.1) is 0 Å². The molecule has 0 bridgehead atoms. The van der Waals surface area contributed by atoms with Gasteiger partial charge in [-0.05, 0) is 19.1 Å². The number of carbonyl (C=O) groups is 1. The molecule has 0 amide bonds. The molecule has 0 aromatic carbocycles. The van der Waals surface area contributed by atoms with Crippen molar-refractivity contribution in [3.8, 4) is 11.5 Å². The summed E-state index contributed by atoms with van der Waals surface area (Å²) in [6.07, 6.45) is 5.17. The second-order valence-corrected chi connectivity index (χ2v) is 3.26. The number of ketones is 1. The van der Waals surface area contributed by atoms with Crippen molar-refractivity contribution in [2.45, 2.75) is 13.3 Å². The molecule has 0 N–H and O–H groups in total. The van der Waals surface area contributed by atoms with Crippen LogP contribution in [0.2, 0.25) is 0 Å². The molecule has 0 spiro atoms. The first-order chi connectivity index (χ1) is 7.25. The monoisotopic (exact) mass is 202 g/mol. The first kappa shape index (κ1) is 9.58. The van der Waals surface area contributed by atoms with Crippen LogP contribution in [0.15, 0.2) is 35.2 Å². The molecule has 4 nitrogen and oxygen atoms in total. The Morgan fingerprint density at radius 2 is 2.13 bits per heavy atom. The lowest BCUT2D eigenvalue weighted by Crippen LogP contribution is -1.95. The maximum atomic E-state index is 10.9. The summed E-state index contributed by atoms with van der Waals surface area (Å²) < 4.78 is 5.26. The molecular weight excluding hydrogens is 192 g/mol. The summed E-state index contributed by atoms with van der Waals surface area (Å²) in [6.45, 7) is 1.53. The predicted molar refractivity (Wildman–Crippen MR) is 54.1 cm³/mol. The van der Waals surface area contributed by atoms with Crippen LogP contribution in [0.5, 0.6) is 0 Å². The second-order valence-electron chi connectivity index (χ2n) is 3.26. The lowest BCUT2D eigenvalue weighted by Gasteiger charge is -1.91. The second kappa shape index (κ2) is 4.04. The van der Waals surface area contributed by atoms with Crippen LogP contribution in [0.4, 0.5) is 0 Å². The van der Waals surface area contributed by atoms with Crippen molar-refractivity contribution in [1.82, 2.24) is 9.97 Å². The first-order valence-electron chi connectivity index (χ1n) is 4.60. The molecule has 0 unspecified atom stereocenters. The number of oxazole rings is 1. The fourth-order valence-electron chi connectivity index (χ4n) is 1.27. The molecule has 0 atom stereocenters. The van der Waals surface area contributed by atoms with Gasteiger partial charge >= 0.3 is 0 Å². The molecule has 0 saturated heterocycles. The Morgan fingerprint density at radius 3 is 2.80 bits per heavy atom. The van der Waals surface area contributed by atoms with Crippen molar-refractivity contribution in [1.29, 1.82) is 0 Å². The van der Waals surface area contributed by atoms with Gasteiger partial charge in [0.05, 0.1) is 12.1 Å². The Labute approximate surface area is 87.0 Å². The SMILES string of the molecule is CC(=O)Cc1coc(-c2ccncc2)n1. The van der Waals surface area contributed by atoms with E-state index in [4.69, 9.17) is 4.42 Å². The molecule has 0 aliphatic carbocycles. The van der Waals surface area contributed by atoms with Crippen LogP contribution in [0.3, 0.4) is 0 Å². The number of rotatable bonds is 3. The van der Waals surface area contributed by atoms with Crippen molar-refractivity contribution in [2.75, 3.05) is 0 Å². The van der Waals surface area contributed by atoms with E-state index in [9.17, 15) is 4.79 Å². The zero-order valence-corrected chi connectivity index (χ0v) is 8.30. The summed E-state index contributed by atoms with van der Waals surface area (Å²) in [6, 6.07) is 3.62. The minimum Gasteiger partial charge on any atom is -0.444 e. The van der Waals surface area contributed by atoms with Gasteiger partial charge in [-0.1, -0.05) is 0 Å². The molecule has 4 heteroatoms. The standard InChI is InChI=1S/C11H10N2O2/c1-8(14)6-10-7-15-11(13-10)9-2-4-12-5-3-9/h2-5,7H,6H2,1H3. The molecular formula is C11H10N2O2. The first-order valence-corrected chi connectivity index (χ1v) is 4.60. The van der Waals surface area contributed by atoms with E-state index in [1.54, 1.807) is 12.4 Å². The molecule has 2 aromatic rings. The molecule has 0 saturated carbocycles. The highest BCUT2D eigenvalue weighted by atomic mass is 16.3. The third kappa shape index (κ3) is 2.28. The molecule has 2 aromatic heterocycles. The maximum Gasteiger partial charge on any atom is 0.226 e. The van der Waals surface area contributed by atoms with Gasteiger partial charge in [0.15, 0.2) is 0 Å². The minimum absolute atomic E-state index is 0.0737. The van der Waals surface area contributed by atoms with Gasteiger partial charge in [-0.3, -0.25) is 9.78 Å². The Balaban J connectivity index is 2.24. The molecule has 0 aliphatic rings. The average molecular weight is 202 g/mol. The van der Waals surface area contributed by atoms with E-state index in [2.05, 4.69) is 9.97 Å². The van der Waals surface area contributed by atoms with Gasteiger partial charge in [0, 0.05) is 18.0 Å². The number of aromatic nitrogens is 2. The van der Waals surface area contributed by atoms with Crippen molar-refractivity contribution >= 4 is 5.78 Å². The fraction of sp³-hybridized carbons (Fsp3) is 0.182. The van der Waals surface area contributed by atoms with E-state index in [1.165, 1.54) is 13.2 Å². The third-order valence-corrected chi connectivity index (χ3v) is 1.91. The van der Waals surface area contributed by atoms with Gasteiger partial charge in [-0.25, -0.2) is 4.98 Å². The molecule has 2 rings (SSSR count). The van der Waals surface area contributed by atoms with E-state index >= 15 is 0 Å². The highest BCUT2D eigenvalue weighted by Crippen LogP contribution is 2.17. The zero-order chi connectivity index (χ0) is 10.7. The van der Waals surface area contributed by atoms with Gasteiger partial charge in [-0.2, -0.15) is 0 Å². The normalized spacial score (nSPS) is 10.2. The molecule has 0 fully saturated rings. The smallest absolute Gasteiger partial charge is 0.226 e. The minimum atomic E-state index is 0.0737. The van der Waals surface area contributed by atoms with Crippen LogP contribution < -0.4 is 0 Å². The van der Waals surface area contributed by atoms with Crippen LogP contribution in [-0.2, 0) is 11.2 Å². The number of carbonyl (C=O) groups excluding carboxylic acids is 1. The molecule has 0 radical (unpaired) electrons. The topological polar surface area (TPSA) is 56.0 Å². The quantitative estimate of drug-likeness (QED) is 0.762. The predicted octanol–water partition coefficient (Wildman–Crippen LogP) is 1.87. The molecule has 15 heavy (non-hydrogen) atoms. The fourth-order valence-corrected chi connectivity index (χ4v) is 1.27. The maximum absolute atomic E-state index is 10.9. The summed E-state index contributed by atoms with van der Waals surface area (Å²) in [5.74, 6) is 0.596. The summed E-state index contributed by atoms with van der Waals surface area (Å²) in [5, 5.41) is 0. The lowest BCUT2D eigenvalue weighted by atomic mass is 10.2. The van der Waals surface area contributed by atoms with Crippen LogP contribution in [-0.4, -0.2) is 15.8 Å². The molecule has 0 aliphatic heterocycles. The molecule has 2 heterocycles. The van der Waals surface area contributed by atoms with E-state index < -0.39 is 0 Å². The van der Waals surface area contributed by atoms with Crippen molar-refractivity contribution < 1.29 is 9.21 Å². The highest BCUT2D eigenvalue weighted by Gasteiger charge is 2.07. The summed E-state index contributed by atoms with van der Waals surface area (Å²) in [7, 11) is 0. The zero-order valence-electron chi connectivity index (χ0n) is 8.30. The Hall–Kier alpha value is -1.97. The number of Topliss-reactive ketones (excluding diaryl/α,β-unsaturated/α-hetero) is 1. The van der Waals surface area contributed by atoms with Crippen LogP contribution in [0.1, 0.15) is 12.6 Å². The van der Waals surface area contributed by atoms with Crippen LogP contribution in [0, 0.1) is 0 Å². The van der Waals surface area contributed by atoms with E-state index in [-0.39, 0.29) is 5.78 Å². The summed E-state index contributed by atoms with van der Waals surface area (Å²) in [4.78, 5) is 19.0. The van der Waals surface area contributed by atoms with E-state index in [1.807, 2.05) is 12.1 Å². The summed E-state index contributed by atoms with van der Waals surface area (Å²) >= 11 is 0. The third-order valence-electron chi connectivity index (χ3n) is 1.91. The Bertz CT molecular complexity index is 462. The van der Waals surface area contributed by atoms with Crippen molar-refractivity contribution in [3.05, 3.63) is 36.5 Å². The van der Waals surface area contributed by atoms with Crippen molar-refractivity contribution in [3.63, 3.8) is 0 Å². The number of nitrogens with zero attached hydrogens (tertiary/aromatic N) is 2.